The van der Waals surface area contributed by atoms with Crippen LogP contribution in [0.1, 0.15) is 32.6 Å². The monoisotopic (exact) mass is 372 g/mol. The van der Waals surface area contributed by atoms with Crippen LogP contribution in [0.25, 0.3) is 6.08 Å². The summed E-state index contributed by atoms with van der Waals surface area (Å²) in [6.45, 7) is 0.170. The summed E-state index contributed by atoms with van der Waals surface area (Å²) in [6.07, 6.45) is 3.25. The van der Waals surface area contributed by atoms with E-state index in [0.29, 0.717) is 17.5 Å². The molecule has 0 heterocycles. The Morgan fingerprint density at radius 3 is 2.11 bits per heavy atom. The van der Waals surface area contributed by atoms with Crippen LogP contribution >= 0.6 is 0 Å². The van der Waals surface area contributed by atoms with E-state index < -0.39 is 11.9 Å². The first-order chi connectivity index (χ1) is 13.6. The highest BCUT2D eigenvalue weighted by Crippen LogP contribution is 2.20. The van der Waals surface area contributed by atoms with Crippen molar-refractivity contribution < 1.29 is 19.4 Å². The van der Waals surface area contributed by atoms with Crippen LogP contribution < -0.4 is 0 Å². The van der Waals surface area contributed by atoms with Crippen LogP contribution in [-0.2, 0) is 22.6 Å². The molecule has 28 heavy (non-hydrogen) atoms. The molecule has 4 nitrogen and oxygen atoms in total. The molecule has 0 aliphatic carbocycles. The van der Waals surface area contributed by atoms with Gasteiger partial charge in [0.25, 0.3) is 0 Å². The van der Waals surface area contributed by atoms with Crippen LogP contribution in [0.4, 0.5) is 0 Å². The number of rotatable bonds is 7. The second kappa shape index (κ2) is 9.33. The van der Waals surface area contributed by atoms with E-state index in [1.54, 1.807) is 18.2 Å². The number of carbonyl (C=O) groups is 2. The van der Waals surface area contributed by atoms with Crippen molar-refractivity contribution in [2.24, 2.45) is 0 Å². The molecule has 0 saturated carbocycles. The number of ether oxygens (including phenoxy) is 1. The Morgan fingerprint density at radius 2 is 1.46 bits per heavy atom. The molecular formula is C24H20O4. The van der Waals surface area contributed by atoms with Crippen molar-refractivity contribution in [2.45, 2.75) is 13.0 Å². The van der Waals surface area contributed by atoms with Gasteiger partial charge in [0.15, 0.2) is 0 Å². The third kappa shape index (κ3) is 5.17. The molecule has 0 fully saturated rings. The van der Waals surface area contributed by atoms with Crippen molar-refractivity contribution in [2.75, 3.05) is 0 Å². The van der Waals surface area contributed by atoms with Crippen molar-refractivity contribution >= 4 is 18.0 Å². The fourth-order valence-electron chi connectivity index (χ4n) is 2.92. The second-order valence-electron chi connectivity index (χ2n) is 6.28. The molecule has 0 saturated heterocycles. The summed E-state index contributed by atoms with van der Waals surface area (Å²) >= 11 is 0. The maximum atomic E-state index is 12.0. The molecule has 3 rings (SSSR count). The first kappa shape index (κ1) is 19.1. The van der Waals surface area contributed by atoms with Crippen molar-refractivity contribution in [3.05, 3.63) is 113 Å². The summed E-state index contributed by atoms with van der Waals surface area (Å²) < 4.78 is 5.20. The summed E-state index contributed by atoms with van der Waals surface area (Å²) in [4.78, 5) is 23.8. The Hall–Kier alpha value is -3.66. The number of carboxylic acid groups (broad SMARTS) is 1. The highest BCUT2D eigenvalue weighted by Gasteiger charge is 2.14. The predicted molar refractivity (Wildman–Crippen MR) is 108 cm³/mol. The Morgan fingerprint density at radius 1 is 0.821 bits per heavy atom. The molecule has 0 unspecified atom stereocenters. The lowest BCUT2D eigenvalue weighted by molar-refractivity contribution is -0.138. The minimum atomic E-state index is -1.02. The van der Waals surface area contributed by atoms with E-state index >= 15 is 0 Å². The van der Waals surface area contributed by atoms with E-state index in [1.165, 1.54) is 12.2 Å². The lowest BCUT2D eigenvalue weighted by Crippen LogP contribution is -2.06. The van der Waals surface area contributed by atoms with E-state index in [9.17, 15) is 14.7 Å². The van der Waals surface area contributed by atoms with Crippen LogP contribution in [0, 0.1) is 0 Å². The first-order valence-electron chi connectivity index (χ1n) is 8.91. The summed E-state index contributed by atoms with van der Waals surface area (Å²) in [5, 5.41) is 9.69. The Bertz CT molecular complexity index is 976. The van der Waals surface area contributed by atoms with Gasteiger partial charge >= 0.3 is 11.9 Å². The quantitative estimate of drug-likeness (QED) is 0.481. The highest BCUT2D eigenvalue weighted by molar-refractivity contribution is 5.96. The minimum absolute atomic E-state index is 0.170. The molecule has 0 aromatic heterocycles. The van der Waals surface area contributed by atoms with Gasteiger partial charge in [-0.1, -0.05) is 78.9 Å². The molecule has 0 aliphatic rings. The largest absolute Gasteiger partial charge is 0.478 e. The number of hydrogen-bond donors (Lipinski definition) is 1. The molecule has 0 atom stereocenters. The predicted octanol–water partition coefficient (Wildman–Crippen LogP) is 4.73. The van der Waals surface area contributed by atoms with E-state index in [1.807, 2.05) is 60.7 Å². The zero-order valence-electron chi connectivity index (χ0n) is 15.2. The molecular weight excluding hydrogens is 352 g/mol. The molecule has 0 radical (unpaired) electrons. The van der Waals surface area contributed by atoms with Crippen molar-refractivity contribution in [1.82, 2.24) is 0 Å². The third-order valence-electron chi connectivity index (χ3n) is 4.26. The van der Waals surface area contributed by atoms with E-state index in [2.05, 4.69) is 0 Å². The fraction of sp³-hybridized carbons (Fsp3) is 0.0833. The van der Waals surface area contributed by atoms with Crippen molar-refractivity contribution in [1.29, 1.82) is 0 Å². The number of benzene rings is 3. The molecule has 4 heteroatoms. The van der Waals surface area contributed by atoms with Gasteiger partial charge in [0.05, 0.1) is 5.56 Å². The summed E-state index contributed by atoms with van der Waals surface area (Å²) in [6, 6.07) is 24.3. The maximum Gasteiger partial charge on any atom is 0.336 e. The van der Waals surface area contributed by atoms with Crippen LogP contribution in [0.15, 0.2) is 84.9 Å². The van der Waals surface area contributed by atoms with Crippen molar-refractivity contribution in [3.8, 4) is 0 Å². The summed E-state index contributed by atoms with van der Waals surface area (Å²) in [5.74, 6) is -1.54. The first-order valence-corrected chi connectivity index (χ1v) is 8.91. The molecule has 3 aromatic carbocycles. The van der Waals surface area contributed by atoms with Gasteiger partial charge in [-0.2, -0.15) is 0 Å². The van der Waals surface area contributed by atoms with Gasteiger partial charge in [0, 0.05) is 6.08 Å². The van der Waals surface area contributed by atoms with Crippen LogP contribution in [0.2, 0.25) is 0 Å². The number of hydrogen-bond acceptors (Lipinski definition) is 3. The van der Waals surface area contributed by atoms with E-state index in [4.69, 9.17) is 4.74 Å². The number of carboxylic acids is 1. The SMILES string of the molecule is O=C(C=Cc1cccc(Cc2ccccc2)c1C(=O)O)OCc1ccccc1. The summed E-state index contributed by atoms with van der Waals surface area (Å²) in [5.41, 5.74) is 3.27. The normalized spacial score (nSPS) is 10.7. The average Bonchev–Trinajstić information content (AvgIpc) is 2.72. The molecule has 0 spiro atoms. The standard InChI is InChI=1S/C24H20O4/c25-22(28-17-19-10-5-2-6-11-19)15-14-20-12-7-13-21(23(20)24(26)27)16-18-8-3-1-4-9-18/h1-15H,16-17H2,(H,26,27). The van der Waals surface area contributed by atoms with Crippen LogP contribution in [0.5, 0.6) is 0 Å². The number of esters is 1. The zero-order valence-corrected chi connectivity index (χ0v) is 15.2. The lowest BCUT2D eigenvalue weighted by atomic mass is 9.95. The van der Waals surface area contributed by atoms with Crippen LogP contribution in [0.3, 0.4) is 0 Å². The second-order valence-corrected chi connectivity index (χ2v) is 6.28. The lowest BCUT2D eigenvalue weighted by Gasteiger charge is -2.09. The smallest absolute Gasteiger partial charge is 0.336 e. The number of aromatic carboxylic acids is 1. The Kier molecular flexibility index (Phi) is 6.37. The van der Waals surface area contributed by atoms with Gasteiger partial charge in [-0.15, -0.1) is 0 Å². The molecule has 1 N–H and O–H groups in total. The Balaban J connectivity index is 1.75. The molecule has 0 bridgehead atoms. The molecule has 0 aliphatic heterocycles. The third-order valence-corrected chi connectivity index (χ3v) is 4.26. The van der Waals surface area contributed by atoms with E-state index in [0.717, 1.165) is 11.1 Å². The van der Waals surface area contributed by atoms with Gasteiger partial charge in [0.1, 0.15) is 6.61 Å². The minimum Gasteiger partial charge on any atom is -0.478 e. The van der Waals surface area contributed by atoms with Gasteiger partial charge in [0.2, 0.25) is 0 Å². The van der Waals surface area contributed by atoms with Crippen LogP contribution in [-0.4, -0.2) is 17.0 Å². The summed E-state index contributed by atoms with van der Waals surface area (Å²) in [7, 11) is 0. The zero-order chi connectivity index (χ0) is 19.8. The number of carbonyl (C=O) groups excluding carboxylic acids is 1. The van der Waals surface area contributed by atoms with E-state index in [-0.39, 0.29) is 12.2 Å². The molecule has 140 valence electrons. The Labute approximate surface area is 163 Å². The van der Waals surface area contributed by atoms with Gasteiger partial charge < -0.3 is 9.84 Å². The molecule has 3 aromatic rings. The average molecular weight is 372 g/mol. The maximum absolute atomic E-state index is 12.0. The topological polar surface area (TPSA) is 63.6 Å². The van der Waals surface area contributed by atoms with Gasteiger partial charge in [-0.25, -0.2) is 9.59 Å². The fourth-order valence-corrected chi connectivity index (χ4v) is 2.92. The highest BCUT2D eigenvalue weighted by atomic mass is 16.5. The van der Waals surface area contributed by atoms with Gasteiger partial charge in [-0.05, 0) is 34.8 Å². The molecule has 0 amide bonds. The van der Waals surface area contributed by atoms with Crippen molar-refractivity contribution in [3.63, 3.8) is 0 Å². The van der Waals surface area contributed by atoms with Gasteiger partial charge in [-0.3, -0.25) is 0 Å².